The van der Waals surface area contributed by atoms with E-state index in [4.69, 9.17) is 4.74 Å². The van der Waals surface area contributed by atoms with Crippen LogP contribution in [0.5, 0.6) is 0 Å². The number of piperidine rings is 1. The van der Waals surface area contributed by atoms with Crippen molar-refractivity contribution < 1.29 is 22.7 Å². The number of esters is 1. The first kappa shape index (κ1) is 21.2. The summed E-state index contributed by atoms with van der Waals surface area (Å²) in [4.78, 5) is 25.1. The summed E-state index contributed by atoms with van der Waals surface area (Å²) in [5.74, 6) is -1.02. The van der Waals surface area contributed by atoms with E-state index in [1.165, 1.54) is 27.8 Å². The van der Waals surface area contributed by atoms with Crippen molar-refractivity contribution in [2.75, 3.05) is 19.7 Å². The van der Waals surface area contributed by atoms with Crippen LogP contribution in [0.3, 0.4) is 0 Å². The lowest BCUT2D eigenvalue weighted by atomic mass is 10.1. The topological polar surface area (TPSA) is 80.8 Å². The summed E-state index contributed by atoms with van der Waals surface area (Å²) in [6, 6.07) is 7.84. The van der Waals surface area contributed by atoms with Crippen LogP contribution in [-0.2, 0) is 14.8 Å². The molecule has 1 aromatic carbocycles. The number of ketones is 1. The highest BCUT2D eigenvalue weighted by Gasteiger charge is 2.27. The van der Waals surface area contributed by atoms with E-state index in [0.717, 1.165) is 23.0 Å². The Hall–Kier alpha value is -1.55. The van der Waals surface area contributed by atoms with Crippen molar-refractivity contribution >= 4 is 49.0 Å². The molecule has 0 atom stereocenters. The van der Waals surface area contributed by atoms with Gasteiger partial charge in [-0.1, -0.05) is 12.5 Å². The molecule has 0 bridgehead atoms. The number of aryl methyl sites for hydroxylation is 1. The van der Waals surface area contributed by atoms with Crippen LogP contribution < -0.4 is 0 Å². The molecule has 1 aliphatic rings. The van der Waals surface area contributed by atoms with Gasteiger partial charge in [0.2, 0.25) is 15.8 Å². The van der Waals surface area contributed by atoms with Gasteiger partial charge in [-0.3, -0.25) is 4.79 Å². The van der Waals surface area contributed by atoms with Crippen molar-refractivity contribution in [3.63, 3.8) is 0 Å². The molecule has 28 heavy (non-hydrogen) atoms. The van der Waals surface area contributed by atoms with E-state index in [0.29, 0.717) is 23.5 Å². The minimum Gasteiger partial charge on any atom is -0.454 e. The first-order valence-electron chi connectivity index (χ1n) is 8.85. The third-order valence-electron chi connectivity index (χ3n) is 4.56. The summed E-state index contributed by atoms with van der Waals surface area (Å²) in [5, 5.41) is 0. The SMILES string of the molecule is Cc1ccc(S(=O)(=O)N2CCCCC2)cc1C(=O)OCC(=O)c1ccc(Br)s1. The molecule has 2 heterocycles. The molecule has 1 fully saturated rings. The van der Waals surface area contributed by atoms with Gasteiger partial charge in [-0.15, -0.1) is 11.3 Å². The Morgan fingerprint density at radius 2 is 1.86 bits per heavy atom. The van der Waals surface area contributed by atoms with Crippen LogP contribution in [0.2, 0.25) is 0 Å². The van der Waals surface area contributed by atoms with E-state index in [-0.39, 0.29) is 16.2 Å². The van der Waals surface area contributed by atoms with Gasteiger partial charge in [0.1, 0.15) is 0 Å². The first-order valence-corrected chi connectivity index (χ1v) is 11.9. The average molecular weight is 486 g/mol. The normalized spacial score (nSPS) is 15.4. The lowest BCUT2D eigenvalue weighted by Gasteiger charge is -2.26. The standard InChI is InChI=1S/C19H20BrNO5S2/c1-13-5-6-14(28(24,25)21-9-3-2-4-10-21)11-15(13)19(23)26-12-16(22)17-7-8-18(20)27-17/h5-8,11H,2-4,9-10,12H2,1H3. The van der Waals surface area contributed by atoms with E-state index in [9.17, 15) is 18.0 Å². The highest BCUT2D eigenvalue weighted by atomic mass is 79.9. The molecule has 0 unspecified atom stereocenters. The third kappa shape index (κ3) is 4.71. The summed E-state index contributed by atoms with van der Waals surface area (Å²) < 4.78 is 33.1. The molecule has 150 valence electrons. The van der Waals surface area contributed by atoms with Crippen LogP contribution in [0.15, 0.2) is 39.0 Å². The zero-order valence-electron chi connectivity index (χ0n) is 15.3. The number of carbonyl (C=O) groups excluding carboxylic acids is 2. The Morgan fingerprint density at radius 1 is 1.14 bits per heavy atom. The number of ether oxygens (including phenoxy) is 1. The van der Waals surface area contributed by atoms with Crippen LogP contribution in [0.4, 0.5) is 0 Å². The van der Waals surface area contributed by atoms with Gasteiger partial charge in [0.25, 0.3) is 0 Å². The van der Waals surface area contributed by atoms with Crippen molar-refractivity contribution in [1.82, 2.24) is 4.31 Å². The number of benzene rings is 1. The van der Waals surface area contributed by atoms with Gasteiger partial charge in [-0.05, 0) is 65.5 Å². The molecule has 1 aromatic heterocycles. The highest BCUT2D eigenvalue weighted by molar-refractivity contribution is 9.11. The number of rotatable bonds is 6. The van der Waals surface area contributed by atoms with Crippen LogP contribution in [0.1, 0.15) is 44.9 Å². The van der Waals surface area contributed by atoms with Crippen molar-refractivity contribution in [2.24, 2.45) is 0 Å². The molecule has 0 saturated carbocycles. The maximum atomic E-state index is 12.8. The monoisotopic (exact) mass is 485 g/mol. The molecule has 3 rings (SSSR count). The van der Waals surface area contributed by atoms with Crippen molar-refractivity contribution in [3.8, 4) is 0 Å². The summed E-state index contributed by atoms with van der Waals surface area (Å²) in [6.07, 6.45) is 2.69. The van der Waals surface area contributed by atoms with E-state index >= 15 is 0 Å². The minimum absolute atomic E-state index is 0.0699. The molecule has 1 saturated heterocycles. The Labute approximate surface area is 176 Å². The quantitative estimate of drug-likeness (QED) is 0.455. The predicted octanol–water partition coefficient (Wildman–Crippen LogP) is 4.03. The number of carbonyl (C=O) groups is 2. The van der Waals surface area contributed by atoms with Gasteiger partial charge in [-0.25, -0.2) is 13.2 Å². The second-order valence-corrected chi connectivity index (χ2v) is 10.9. The first-order chi connectivity index (χ1) is 13.3. The second-order valence-electron chi connectivity index (χ2n) is 6.54. The molecular weight excluding hydrogens is 466 g/mol. The Morgan fingerprint density at radius 3 is 2.50 bits per heavy atom. The fourth-order valence-electron chi connectivity index (χ4n) is 2.98. The minimum atomic E-state index is -3.65. The third-order valence-corrected chi connectivity index (χ3v) is 8.12. The number of nitrogens with zero attached hydrogens (tertiary/aromatic N) is 1. The average Bonchev–Trinajstić information content (AvgIpc) is 3.13. The maximum absolute atomic E-state index is 12.8. The Bertz CT molecular complexity index is 994. The molecule has 9 heteroatoms. The van der Waals surface area contributed by atoms with Crippen LogP contribution in [0.25, 0.3) is 0 Å². The lowest BCUT2D eigenvalue weighted by molar-refractivity contribution is 0.0475. The van der Waals surface area contributed by atoms with E-state index in [1.807, 2.05) is 0 Å². The van der Waals surface area contributed by atoms with Crippen molar-refractivity contribution in [2.45, 2.75) is 31.1 Å². The van der Waals surface area contributed by atoms with Gasteiger partial charge in [0.15, 0.2) is 6.61 Å². The molecule has 0 amide bonds. The fraction of sp³-hybridized carbons (Fsp3) is 0.368. The van der Waals surface area contributed by atoms with Crippen LogP contribution in [0, 0.1) is 6.92 Å². The largest absolute Gasteiger partial charge is 0.454 e. The molecule has 0 spiro atoms. The number of halogens is 1. The number of thiophene rings is 1. The van der Waals surface area contributed by atoms with Gasteiger partial charge in [-0.2, -0.15) is 4.31 Å². The zero-order chi connectivity index (χ0) is 20.3. The summed E-state index contributed by atoms with van der Waals surface area (Å²) in [5.41, 5.74) is 0.743. The number of hydrogen-bond acceptors (Lipinski definition) is 6. The summed E-state index contributed by atoms with van der Waals surface area (Å²) in [6.45, 7) is 2.28. The van der Waals surface area contributed by atoms with Gasteiger partial charge in [0.05, 0.1) is 19.1 Å². The number of Topliss-reactive ketones (excluding diaryl/α,β-unsaturated/α-hetero) is 1. The smallest absolute Gasteiger partial charge is 0.338 e. The van der Waals surface area contributed by atoms with Crippen LogP contribution in [-0.4, -0.2) is 44.2 Å². The van der Waals surface area contributed by atoms with Crippen LogP contribution >= 0.6 is 27.3 Å². The van der Waals surface area contributed by atoms with Crippen molar-refractivity contribution in [1.29, 1.82) is 0 Å². The van der Waals surface area contributed by atoms with Crippen molar-refractivity contribution in [3.05, 3.63) is 50.1 Å². The number of hydrogen-bond donors (Lipinski definition) is 0. The summed E-state index contributed by atoms with van der Waals surface area (Å²) in [7, 11) is -3.65. The maximum Gasteiger partial charge on any atom is 0.338 e. The lowest BCUT2D eigenvalue weighted by Crippen LogP contribution is -2.35. The number of sulfonamides is 1. The molecular formula is C19H20BrNO5S2. The van der Waals surface area contributed by atoms with Gasteiger partial charge < -0.3 is 4.74 Å². The summed E-state index contributed by atoms with van der Waals surface area (Å²) >= 11 is 4.54. The van der Waals surface area contributed by atoms with E-state index in [1.54, 1.807) is 25.1 Å². The van der Waals surface area contributed by atoms with E-state index in [2.05, 4.69) is 15.9 Å². The van der Waals surface area contributed by atoms with Gasteiger partial charge >= 0.3 is 5.97 Å². The zero-order valence-corrected chi connectivity index (χ0v) is 18.5. The fourth-order valence-corrected chi connectivity index (χ4v) is 5.83. The molecule has 6 nitrogen and oxygen atoms in total. The highest BCUT2D eigenvalue weighted by Crippen LogP contribution is 2.24. The molecule has 1 aliphatic heterocycles. The molecule has 0 N–H and O–H groups in total. The predicted molar refractivity (Wildman–Crippen MR) is 110 cm³/mol. The van der Waals surface area contributed by atoms with E-state index < -0.39 is 22.6 Å². The van der Waals surface area contributed by atoms with Gasteiger partial charge in [0, 0.05) is 13.1 Å². The molecule has 0 aliphatic carbocycles. The second kappa shape index (κ2) is 8.86. The Kier molecular flexibility index (Phi) is 6.69. The molecule has 0 radical (unpaired) electrons. The molecule has 2 aromatic rings. The Balaban J connectivity index is 1.75.